The second-order valence-corrected chi connectivity index (χ2v) is 5.05. The maximum Gasteiger partial charge on any atom is 0.159 e. The van der Waals surface area contributed by atoms with Crippen molar-refractivity contribution < 1.29 is 4.74 Å². The Kier molecular flexibility index (Phi) is 3.94. The van der Waals surface area contributed by atoms with Crippen LogP contribution in [0, 0.1) is 5.41 Å². The van der Waals surface area contributed by atoms with Crippen molar-refractivity contribution in [3.05, 3.63) is 30.1 Å². The second kappa shape index (κ2) is 4.70. The van der Waals surface area contributed by atoms with Crippen LogP contribution in [0.15, 0.2) is 24.4 Å². The zero-order chi connectivity index (χ0) is 10.9. The molecule has 0 bridgehead atoms. The number of rotatable bonds is 1. The molecule has 3 nitrogen and oxygen atoms in total. The molecule has 1 fully saturated rings. The molecule has 1 unspecified atom stereocenters. The largest absolute Gasteiger partial charge is 0.354 e. The Hall–Kier alpha value is -0.640. The van der Waals surface area contributed by atoms with Gasteiger partial charge in [0.25, 0.3) is 0 Å². The van der Waals surface area contributed by atoms with E-state index < -0.39 is 5.72 Å². The van der Waals surface area contributed by atoms with E-state index in [1.807, 2.05) is 25.1 Å². The molecule has 2 rings (SSSR count). The van der Waals surface area contributed by atoms with E-state index in [-0.39, 0.29) is 17.8 Å². The van der Waals surface area contributed by atoms with Crippen molar-refractivity contribution in [2.45, 2.75) is 26.5 Å². The molecular formula is C12H19ClN2O. The molecule has 1 aliphatic rings. The predicted molar refractivity (Wildman–Crippen MR) is 66.6 cm³/mol. The topological polar surface area (TPSA) is 34.2 Å². The number of halogens is 1. The second-order valence-electron chi connectivity index (χ2n) is 5.05. The van der Waals surface area contributed by atoms with E-state index >= 15 is 0 Å². The standard InChI is InChI=1S/C12H18N2O.ClH/c1-11(2)8-14-12(3,15-9-11)10-6-4-5-7-13-10;/h4-7,14H,8-9H2,1-3H3;1H. The van der Waals surface area contributed by atoms with Gasteiger partial charge in [0, 0.05) is 18.2 Å². The van der Waals surface area contributed by atoms with Crippen molar-refractivity contribution in [1.29, 1.82) is 0 Å². The van der Waals surface area contributed by atoms with Gasteiger partial charge < -0.3 is 4.74 Å². The third-order valence-electron chi connectivity index (χ3n) is 2.81. The van der Waals surface area contributed by atoms with Crippen molar-refractivity contribution in [3.63, 3.8) is 0 Å². The lowest BCUT2D eigenvalue weighted by Crippen LogP contribution is -2.54. The molecule has 0 aromatic carbocycles. The lowest BCUT2D eigenvalue weighted by molar-refractivity contribution is -0.134. The van der Waals surface area contributed by atoms with E-state index in [0.29, 0.717) is 0 Å². The number of nitrogens with zero attached hydrogens (tertiary/aromatic N) is 1. The Morgan fingerprint density at radius 1 is 1.31 bits per heavy atom. The van der Waals surface area contributed by atoms with Crippen molar-refractivity contribution in [1.82, 2.24) is 10.3 Å². The van der Waals surface area contributed by atoms with Crippen LogP contribution in [0.3, 0.4) is 0 Å². The summed E-state index contributed by atoms with van der Waals surface area (Å²) < 4.78 is 5.89. The number of nitrogens with one attached hydrogen (secondary N) is 1. The summed E-state index contributed by atoms with van der Waals surface area (Å²) in [5.74, 6) is 0. The first kappa shape index (κ1) is 13.4. The maximum absolute atomic E-state index is 5.89. The fourth-order valence-corrected chi connectivity index (χ4v) is 1.66. The summed E-state index contributed by atoms with van der Waals surface area (Å²) in [4.78, 5) is 4.33. The van der Waals surface area contributed by atoms with Crippen molar-refractivity contribution in [3.8, 4) is 0 Å². The molecule has 0 aliphatic carbocycles. The van der Waals surface area contributed by atoms with E-state index in [2.05, 4.69) is 24.1 Å². The average molecular weight is 243 g/mol. The quantitative estimate of drug-likeness (QED) is 0.821. The zero-order valence-corrected chi connectivity index (χ0v) is 10.8. The molecule has 90 valence electrons. The van der Waals surface area contributed by atoms with Crippen LogP contribution in [0.2, 0.25) is 0 Å². The number of ether oxygens (including phenoxy) is 1. The Morgan fingerprint density at radius 3 is 2.56 bits per heavy atom. The van der Waals surface area contributed by atoms with Crippen LogP contribution < -0.4 is 5.32 Å². The first-order chi connectivity index (χ1) is 7.02. The van der Waals surface area contributed by atoms with E-state index in [9.17, 15) is 0 Å². The number of hydrogen-bond donors (Lipinski definition) is 1. The minimum absolute atomic E-state index is 0. The maximum atomic E-state index is 5.89. The molecule has 1 N–H and O–H groups in total. The molecule has 1 aromatic heterocycles. The minimum atomic E-state index is -0.434. The van der Waals surface area contributed by atoms with E-state index in [1.54, 1.807) is 6.20 Å². The number of aromatic nitrogens is 1. The molecule has 2 heterocycles. The molecule has 1 saturated heterocycles. The first-order valence-corrected chi connectivity index (χ1v) is 5.32. The molecule has 0 spiro atoms. The van der Waals surface area contributed by atoms with Gasteiger partial charge in [-0.2, -0.15) is 0 Å². The first-order valence-electron chi connectivity index (χ1n) is 5.32. The van der Waals surface area contributed by atoms with Gasteiger partial charge in [-0.15, -0.1) is 12.4 Å². The number of pyridine rings is 1. The minimum Gasteiger partial charge on any atom is -0.354 e. The molecule has 1 aliphatic heterocycles. The summed E-state index contributed by atoms with van der Waals surface area (Å²) in [6, 6.07) is 5.89. The normalized spacial score (nSPS) is 28.2. The van der Waals surface area contributed by atoms with Crippen LogP contribution in [-0.4, -0.2) is 18.1 Å². The SMILES string of the molecule is CC1(C)CNC(C)(c2ccccn2)OC1.Cl. The summed E-state index contributed by atoms with van der Waals surface area (Å²) in [7, 11) is 0. The van der Waals surface area contributed by atoms with E-state index in [4.69, 9.17) is 4.74 Å². The highest BCUT2D eigenvalue weighted by Crippen LogP contribution is 2.29. The third-order valence-corrected chi connectivity index (χ3v) is 2.81. The van der Waals surface area contributed by atoms with Gasteiger partial charge in [0.05, 0.1) is 12.3 Å². The summed E-state index contributed by atoms with van der Waals surface area (Å²) in [5, 5.41) is 3.42. The Labute approximate surface area is 103 Å². The average Bonchev–Trinajstić information content (AvgIpc) is 2.24. The fraction of sp³-hybridized carbons (Fsp3) is 0.583. The monoisotopic (exact) mass is 242 g/mol. The molecular weight excluding hydrogens is 224 g/mol. The van der Waals surface area contributed by atoms with Gasteiger partial charge in [0.15, 0.2) is 5.72 Å². The van der Waals surface area contributed by atoms with Crippen LogP contribution >= 0.6 is 12.4 Å². The molecule has 4 heteroatoms. The van der Waals surface area contributed by atoms with Crippen LogP contribution in [-0.2, 0) is 10.5 Å². The zero-order valence-electron chi connectivity index (χ0n) is 9.99. The van der Waals surface area contributed by atoms with Gasteiger partial charge >= 0.3 is 0 Å². The van der Waals surface area contributed by atoms with E-state index in [1.165, 1.54) is 0 Å². The summed E-state index contributed by atoms with van der Waals surface area (Å²) in [6.07, 6.45) is 1.80. The lowest BCUT2D eigenvalue weighted by Gasteiger charge is -2.42. The summed E-state index contributed by atoms with van der Waals surface area (Å²) in [6.45, 7) is 8.12. The van der Waals surface area contributed by atoms with Gasteiger partial charge in [-0.05, 0) is 19.1 Å². The van der Waals surface area contributed by atoms with E-state index in [0.717, 1.165) is 18.8 Å². The lowest BCUT2D eigenvalue weighted by atomic mass is 9.91. The van der Waals surface area contributed by atoms with Crippen LogP contribution in [0.25, 0.3) is 0 Å². The molecule has 16 heavy (non-hydrogen) atoms. The van der Waals surface area contributed by atoms with Gasteiger partial charge in [0.2, 0.25) is 0 Å². The molecule has 0 radical (unpaired) electrons. The van der Waals surface area contributed by atoms with Crippen molar-refractivity contribution in [2.24, 2.45) is 5.41 Å². The predicted octanol–water partition coefficient (Wildman–Crippen LogP) is 2.32. The smallest absolute Gasteiger partial charge is 0.159 e. The Balaban J connectivity index is 0.00000128. The fourth-order valence-electron chi connectivity index (χ4n) is 1.66. The van der Waals surface area contributed by atoms with Crippen molar-refractivity contribution >= 4 is 12.4 Å². The third kappa shape index (κ3) is 2.73. The van der Waals surface area contributed by atoms with Crippen LogP contribution in [0.4, 0.5) is 0 Å². The van der Waals surface area contributed by atoms with Gasteiger partial charge in [-0.1, -0.05) is 19.9 Å². The van der Waals surface area contributed by atoms with Crippen LogP contribution in [0.1, 0.15) is 26.5 Å². The van der Waals surface area contributed by atoms with Gasteiger partial charge in [-0.3, -0.25) is 10.3 Å². The Bertz CT molecular complexity index is 330. The van der Waals surface area contributed by atoms with Crippen molar-refractivity contribution in [2.75, 3.05) is 13.2 Å². The molecule has 0 amide bonds. The number of hydrogen-bond acceptors (Lipinski definition) is 3. The van der Waals surface area contributed by atoms with Crippen LogP contribution in [0.5, 0.6) is 0 Å². The summed E-state index contributed by atoms with van der Waals surface area (Å²) >= 11 is 0. The molecule has 0 saturated carbocycles. The highest BCUT2D eigenvalue weighted by molar-refractivity contribution is 5.85. The van der Waals surface area contributed by atoms with Gasteiger partial charge in [0.1, 0.15) is 0 Å². The highest BCUT2D eigenvalue weighted by atomic mass is 35.5. The highest BCUT2D eigenvalue weighted by Gasteiger charge is 2.37. The summed E-state index contributed by atoms with van der Waals surface area (Å²) in [5.41, 5.74) is 0.714. The molecule has 1 aromatic rings. The van der Waals surface area contributed by atoms with Gasteiger partial charge in [-0.25, -0.2) is 0 Å². The Morgan fingerprint density at radius 2 is 2.06 bits per heavy atom. The molecule has 1 atom stereocenters.